The average Bonchev–Trinajstić information content (AvgIpc) is 3.36. The average molecular weight is 595 g/mol. The van der Waals surface area contributed by atoms with Crippen LogP contribution in [0.1, 0.15) is 65.2 Å². The summed E-state index contributed by atoms with van der Waals surface area (Å²) in [7, 11) is 0. The quantitative estimate of drug-likeness (QED) is 0.142. The van der Waals surface area contributed by atoms with Gasteiger partial charge in [0.25, 0.3) is 5.91 Å². The number of carbonyl (C=O) groups is 2. The number of rotatable bonds is 12. The molecule has 0 spiro atoms. The number of nitrogens with one attached hydrogen (secondary N) is 1. The standard InChI is InChI=1S/C40H38N2O3/c1-2-13-29-15-12-20-33-32-18-6-8-21-35(32)40(37(29)33,39(41)44)27-11-10-14-28-23-25-30(26-24-28)42-38(43)34-19-7-9-22-36(34)45-31-16-4-3-5-17-31/h3-9,12,15-26H,2,10-11,13-14,27H2,1H3,(H2,41,44)(H,42,43). The molecule has 2 amide bonds. The second-order valence-electron chi connectivity index (χ2n) is 11.7. The van der Waals surface area contributed by atoms with Crippen molar-refractivity contribution in [1.29, 1.82) is 0 Å². The summed E-state index contributed by atoms with van der Waals surface area (Å²) in [6.45, 7) is 2.17. The number of benzene rings is 5. The lowest BCUT2D eigenvalue weighted by Crippen LogP contribution is -2.41. The highest BCUT2D eigenvalue weighted by Crippen LogP contribution is 2.53. The fourth-order valence-electron chi connectivity index (χ4n) is 6.70. The van der Waals surface area contributed by atoms with Gasteiger partial charge in [-0.25, -0.2) is 0 Å². The number of primary amides is 1. The summed E-state index contributed by atoms with van der Waals surface area (Å²) < 4.78 is 5.97. The van der Waals surface area contributed by atoms with E-state index in [1.807, 2.05) is 78.9 Å². The number of ether oxygens (including phenoxy) is 1. The Hall–Kier alpha value is -5.16. The van der Waals surface area contributed by atoms with Crippen molar-refractivity contribution in [3.63, 3.8) is 0 Å². The van der Waals surface area contributed by atoms with Gasteiger partial charge < -0.3 is 15.8 Å². The van der Waals surface area contributed by atoms with Crippen LogP contribution >= 0.6 is 0 Å². The number of amides is 2. The van der Waals surface area contributed by atoms with Gasteiger partial charge in [-0.15, -0.1) is 0 Å². The maximum Gasteiger partial charge on any atom is 0.259 e. The zero-order chi connectivity index (χ0) is 31.2. The van der Waals surface area contributed by atoms with Crippen LogP contribution in [0.5, 0.6) is 11.5 Å². The molecular weight excluding hydrogens is 556 g/mol. The van der Waals surface area contributed by atoms with E-state index in [1.165, 1.54) is 11.1 Å². The second-order valence-corrected chi connectivity index (χ2v) is 11.7. The van der Waals surface area contributed by atoms with E-state index in [0.717, 1.165) is 54.4 Å². The van der Waals surface area contributed by atoms with Gasteiger partial charge >= 0.3 is 0 Å². The van der Waals surface area contributed by atoms with Gasteiger partial charge in [0.15, 0.2) is 0 Å². The molecular formula is C40H38N2O3. The molecule has 3 N–H and O–H groups in total. The number of hydrogen-bond donors (Lipinski definition) is 2. The Morgan fingerprint density at radius 1 is 0.733 bits per heavy atom. The topological polar surface area (TPSA) is 81.4 Å². The highest BCUT2D eigenvalue weighted by Gasteiger charge is 2.48. The Balaban J connectivity index is 1.11. The van der Waals surface area contributed by atoms with Crippen LogP contribution in [0.25, 0.3) is 11.1 Å². The summed E-state index contributed by atoms with van der Waals surface area (Å²) in [6.07, 6.45) is 5.23. The van der Waals surface area contributed by atoms with Crippen molar-refractivity contribution in [1.82, 2.24) is 0 Å². The summed E-state index contributed by atoms with van der Waals surface area (Å²) in [5.41, 5.74) is 13.5. The number of anilines is 1. The van der Waals surface area contributed by atoms with Crippen LogP contribution in [-0.4, -0.2) is 11.8 Å². The predicted molar refractivity (Wildman–Crippen MR) is 181 cm³/mol. The largest absolute Gasteiger partial charge is 0.457 e. The highest BCUT2D eigenvalue weighted by molar-refractivity contribution is 6.06. The lowest BCUT2D eigenvalue weighted by atomic mass is 9.71. The van der Waals surface area contributed by atoms with E-state index in [2.05, 4.69) is 42.6 Å². The summed E-state index contributed by atoms with van der Waals surface area (Å²) in [6, 6.07) is 39.2. The first-order valence-corrected chi connectivity index (χ1v) is 15.8. The molecule has 6 rings (SSSR count). The molecule has 0 fully saturated rings. The molecule has 5 heteroatoms. The van der Waals surface area contributed by atoms with Crippen LogP contribution in [0.4, 0.5) is 5.69 Å². The fourth-order valence-corrected chi connectivity index (χ4v) is 6.70. The van der Waals surface area contributed by atoms with Crippen molar-refractivity contribution in [2.75, 3.05) is 5.32 Å². The fraction of sp³-hybridized carbons (Fsp3) is 0.200. The van der Waals surface area contributed by atoms with E-state index in [9.17, 15) is 9.59 Å². The number of hydrogen-bond acceptors (Lipinski definition) is 3. The molecule has 0 radical (unpaired) electrons. The van der Waals surface area contributed by atoms with Gasteiger partial charge in [-0.1, -0.05) is 105 Å². The van der Waals surface area contributed by atoms with E-state index < -0.39 is 5.41 Å². The van der Waals surface area contributed by atoms with Gasteiger partial charge in [0.1, 0.15) is 16.9 Å². The monoisotopic (exact) mass is 594 g/mol. The van der Waals surface area contributed by atoms with Crippen molar-refractivity contribution in [2.24, 2.45) is 5.73 Å². The molecule has 226 valence electrons. The zero-order valence-electron chi connectivity index (χ0n) is 25.6. The molecule has 0 aliphatic heterocycles. The number of para-hydroxylation sites is 2. The molecule has 0 heterocycles. The molecule has 5 aromatic carbocycles. The molecule has 0 saturated carbocycles. The third-order valence-electron chi connectivity index (χ3n) is 8.78. The van der Waals surface area contributed by atoms with E-state index in [0.29, 0.717) is 29.2 Å². The minimum atomic E-state index is -0.813. The van der Waals surface area contributed by atoms with Crippen LogP contribution in [0, 0.1) is 0 Å². The van der Waals surface area contributed by atoms with Crippen LogP contribution in [-0.2, 0) is 23.1 Å². The SMILES string of the molecule is CCCc1cccc2c1C(CCCCc1ccc(NC(=O)c3ccccc3Oc3ccccc3)cc1)(C(N)=O)c1ccccc1-2. The first-order valence-electron chi connectivity index (χ1n) is 15.8. The molecule has 5 nitrogen and oxygen atoms in total. The second kappa shape index (κ2) is 13.2. The summed E-state index contributed by atoms with van der Waals surface area (Å²) in [5.74, 6) is 0.672. The van der Waals surface area contributed by atoms with Crippen molar-refractivity contribution < 1.29 is 14.3 Å². The predicted octanol–water partition coefficient (Wildman–Crippen LogP) is 8.85. The van der Waals surface area contributed by atoms with Crippen molar-refractivity contribution in [3.8, 4) is 22.6 Å². The van der Waals surface area contributed by atoms with Crippen molar-refractivity contribution in [2.45, 2.75) is 50.9 Å². The van der Waals surface area contributed by atoms with Crippen molar-refractivity contribution in [3.05, 3.63) is 149 Å². The van der Waals surface area contributed by atoms with Gasteiger partial charge in [0, 0.05) is 5.69 Å². The summed E-state index contributed by atoms with van der Waals surface area (Å²) in [5, 5.41) is 3.00. The van der Waals surface area contributed by atoms with E-state index in [1.54, 1.807) is 12.1 Å². The molecule has 5 aromatic rings. The van der Waals surface area contributed by atoms with Crippen LogP contribution in [0.2, 0.25) is 0 Å². The first kappa shape index (κ1) is 29.9. The van der Waals surface area contributed by atoms with Gasteiger partial charge in [-0.05, 0) is 95.5 Å². The molecule has 45 heavy (non-hydrogen) atoms. The number of carbonyl (C=O) groups excluding carboxylic acids is 2. The highest BCUT2D eigenvalue weighted by atomic mass is 16.5. The lowest BCUT2D eigenvalue weighted by Gasteiger charge is -2.30. The number of unbranched alkanes of at least 4 members (excludes halogenated alkanes) is 1. The lowest BCUT2D eigenvalue weighted by molar-refractivity contribution is -0.122. The van der Waals surface area contributed by atoms with Gasteiger partial charge in [0.05, 0.1) is 5.56 Å². The summed E-state index contributed by atoms with van der Waals surface area (Å²) in [4.78, 5) is 26.5. The molecule has 1 aliphatic rings. The molecule has 0 bridgehead atoms. The van der Waals surface area contributed by atoms with Crippen LogP contribution in [0.3, 0.4) is 0 Å². The molecule has 0 saturated heterocycles. The Kier molecular flexibility index (Phi) is 8.79. The molecule has 1 unspecified atom stereocenters. The Morgan fingerprint density at radius 2 is 1.44 bits per heavy atom. The van der Waals surface area contributed by atoms with Crippen LogP contribution < -0.4 is 15.8 Å². The molecule has 1 aliphatic carbocycles. The number of aryl methyl sites for hydroxylation is 2. The van der Waals surface area contributed by atoms with Crippen LogP contribution in [0.15, 0.2) is 121 Å². The Morgan fingerprint density at radius 3 is 2.22 bits per heavy atom. The zero-order valence-corrected chi connectivity index (χ0v) is 25.6. The molecule has 1 atom stereocenters. The first-order chi connectivity index (χ1) is 22.0. The van der Waals surface area contributed by atoms with E-state index in [4.69, 9.17) is 10.5 Å². The minimum absolute atomic E-state index is 0.231. The van der Waals surface area contributed by atoms with Gasteiger partial charge in [0.2, 0.25) is 5.91 Å². The van der Waals surface area contributed by atoms with E-state index >= 15 is 0 Å². The van der Waals surface area contributed by atoms with Gasteiger partial charge in [-0.3, -0.25) is 9.59 Å². The number of nitrogens with two attached hydrogens (primary N) is 1. The maximum absolute atomic E-state index is 13.4. The molecule has 0 aromatic heterocycles. The van der Waals surface area contributed by atoms with Gasteiger partial charge in [-0.2, -0.15) is 0 Å². The normalized spacial score (nSPS) is 14.8. The van der Waals surface area contributed by atoms with E-state index in [-0.39, 0.29) is 11.8 Å². The Bertz CT molecular complexity index is 1810. The maximum atomic E-state index is 13.4. The summed E-state index contributed by atoms with van der Waals surface area (Å²) >= 11 is 0. The third-order valence-corrected chi connectivity index (χ3v) is 8.78. The minimum Gasteiger partial charge on any atom is -0.457 e. The third kappa shape index (κ3) is 5.99. The number of fused-ring (bicyclic) bond motifs is 3. The Labute approximate surface area is 265 Å². The van der Waals surface area contributed by atoms with Crippen molar-refractivity contribution >= 4 is 17.5 Å². The smallest absolute Gasteiger partial charge is 0.259 e.